The normalized spacial score (nSPS) is 24.9. The van der Waals surface area contributed by atoms with E-state index in [1.807, 2.05) is 0 Å². The van der Waals surface area contributed by atoms with E-state index in [0.717, 1.165) is 26.2 Å². The second kappa shape index (κ2) is 5.56. The molecule has 1 aliphatic heterocycles. The fraction of sp³-hybridized carbons (Fsp3) is 0.765. The molecule has 1 aromatic heterocycles. The van der Waals surface area contributed by atoms with Gasteiger partial charge in [0.25, 0.3) is 0 Å². The summed E-state index contributed by atoms with van der Waals surface area (Å²) in [5.74, 6) is 1.23. The molecule has 4 heteroatoms. The van der Waals surface area contributed by atoms with Gasteiger partial charge in [0.15, 0.2) is 0 Å². The summed E-state index contributed by atoms with van der Waals surface area (Å²) < 4.78 is 0. The molecule has 0 radical (unpaired) electrons. The van der Waals surface area contributed by atoms with Crippen LogP contribution < -0.4 is 10.2 Å². The number of hydrogen-bond donors (Lipinski definition) is 1. The zero-order chi connectivity index (χ0) is 14.1. The molecule has 0 atom stereocenters. The second-order valence-electron chi connectivity index (χ2n) is 7.10. The predicted molar refractivity (Wildman–Crippen MR) is 84.7 cm³/mol. The highest BCUT2D eigenvalue weighted by Crippen LogP contribution is 2.46. The Morgan fingerprint density at radius 3 is 2.62 bits per heavy atom. The summed E-state index contributed by atoms with van der Waals surface area (Å²) in [6, 6.07) is 0. The van der Waals surface area contributed by atoms with Crippen LogP contribution in [0.25, 0.3) is 0 Å². The van der Waals surface area contributed by atoms with Crippen LogP contribution in [-0.2, 0) is 12.8 Å². The minimum Gasteiger partial charge on any atom is -0.354 e. The lowest BCUT2D eigenvalue weighted by atomic mass is 9.65. The van der Waals surface area contributed by atoms with Crippen molar-refractivity contribution >= 4 is 5.82 Å². The Labute approximate surface area is 127 Å². The van der Waals surface area contributed by atoms with Gasteiger partial charge < -0.3 is 10.2 Å². The van der Waals surface area contributed by atoms with Crippen molar-refractivity contribution < 1.29 is 0 Å². The third kappa shape index (κ3) is 2.54. The molecule has 2 aliphatic carbocycles. The molecule has 114 valence electrons. The first-order valence-electron chi connectivity index (χ1n) is 8.65. The summed E-state index contributed by atoms with van der Waals surface area (Å²) in [6.07, 6.45) is 12.7. The molecule has 0 aromatic carbocycles. The Morgan fingerprint density at radius 2 is 1.81 bits per heavy atom. The second-order valence-corrected chi connectivity index (χ2v) is 7.10. The number of piperazine rings is 1. The van der Waals surface area contributed by atoms with Gasteiger partial charge in [-0.25, -0.2) is 9.97 Å². The molecular weight excluding hydrogens is 260 g/mol. The van der Waals surface area contributed by atoms with Crippen LogP contribution in [0, 0.1) is 5.41 Å². The molecular formula is C17H26N4. The summed E-state index contributed by atoms with van der Waals surface area (Å²) in [5.41, 5.74) is 3.38. The van der Waals surface area contributed by atoms with Gasteiger partial charge in [-0.2, -0.15) is 0 Å². The van der Waals surface area contributed by atoms with Gasteiger partial charge in [0, 0.05) is 37.4 Å². The number of aromatic nitrogens is 2. The highest BCUT2D eigenvalue weighted by molar-refractivity contribution is 5.50. The first kappa shape index (κ1) is 13.5. The quantitative estimate of drug-likeness (QED) is 0.860. The SMILES string of the molecule is c1nc2c(c(N3CCNCC3)n1)CCC1(CCCCC1)C2. The third-order valence-electron chi connectivity index (χ3n) is 5.79. The van der Waals surface area contributed by atoms with Gasteiger partial charge in [-0.1, -0.05) is 19.3 Å². The summed E-state index contributed by atoms with van der Waals surface area (Å²) in [7, 11) is 0. The lowest BCUT2D eigenvalue weighted by Crippen LogP contribution is -2.44. The molecule has 0 unspecified atom stereocenters. The van der Waals surface area contributed by atoms with Gasteiger partial charge in [0.2, 0.25) is 0 Å². The van der Waals surface area contributed by atoms with E-state index in [9.17, 15) is 0 Å². The Kier molecular flexibility index (Phi) is 3.57. The van der Waals surface area contributed by atoms with Crippen LogP contribution in [0.5, 0.6) is 0 Å². The molecule has 2 heterocycles. The van der Waals surface area contributed by atoms with E-state index in [4.69, 9.17) is 0 Å². The molecule has 4 rings (SSSR count). The Morgan fingerprint density at radius 1 is 1.00 bits per heavy atom. The van der Waals surface area contributed by atoms with Crippen molar-refractivity contribution in [3.8, 4) is 0 Å². The van der Waals surface area contributed by atoms with Crippen molar-refractivity contribution in [1.82, 2.24) is 15.3 Å². The van der Waals surface area contributed by atoms with Gasteiger partial charge in [-0.05, 0) is 37.5 Å². The average molecular weight is 286 g/mol. The monoisotopic (exact) mass is 286 g/mol. The summed E-state index contributed by atoms with van der Waals surface area (Å²) in [6.45, 7) is 4.30. The minimum absolute atomic E-state index is 0.570. The molecule has 21 heavy (non-hydrogen) atoms. The molecule has 2 fully saturated rings. The third-order valence-corrected chi connectivity index (χ3v) is 5.79. The van der Waals surface area contributed by atoms with Gasteiger partial charge in [0.1, 0.15) is 12.1 Å². The fourth-order valence-electron chi connectivity index (χ4n) is 4.56. The summed E-state index contributed by atoms with van der Waals surface area (Å²) in [5, 5.41) is 3.43. The standard InChI is InChI=1S/C17H26N4/c1-2-5-17(6-3-1)7-4-14-15(12-17)19-13-20-16(14)21-10-8-18-9-11-21/h13,18H,1-12H2. The van der Waals surface area contributed by atoms with E-state index in [0.29, 0.717) is 5.41 Å². The fourth-order valence-corrected chi connectivity index (χ4v) is 4.56. The van der Waals surface area contributed by atoms with Crippen molar-refractivity contribution in [1.29, 1.82) is 0 Å². The zero-order valence-electron chi connectivity index (χ0n) is 12.9. The zero-order valence-corrected chi connectivity index (χ0v) is 12.9. The summed E-state index contributed by atoms with van der Waals surface area (Å²) in [4.78, 5) is 11.8. The van der Waals surface area contributed by atoms with Gasteiger partial charge in [-0.15, -0.1) is 0 Å². The van der Waals surface area contributed by atoms with E-state index >= 15 is 0 Å². The molecule has 1 saturated heterocycles. The van der Waals surface area contributed by atoms with Crippen LogP contribution in [0.4, 0.5) is 5.82 Å². The van der Waals surface area contributed by atoms with Gasteiger partial charge >= 0.3 is 0 Å². The van der Waals surface area contributed by atoms with Crippen molar-refractivity contribution in [2.75, 3.05) is 31.1 Å². The summed E-state index contributed by atoms with van der Waals surface area (Å²) >= 11 is 0. The average Bonchev–Trinajstić information content (AvgIpc) is 2.55. The lowest BCUT2D eigenvalue weighted by Gasteiger charge is -2.41. The number of rotatable bonds is 1. The number of fused-ring (bicyclic) bond motifs is 1. The van der Waals surface area contributed by atoms with E-state index in [2.05, 4.69) is 20.2 Å². The predicted octanol–water partition coefficient (Wildman–Crippen LogP) is 2.33. The number of nitrogens with one attached hydrogen (secondary N) is 1. The lowest BCUT2D eigenvalue weighted by molar-refractivity contribution is 0.160. The van der Waals surface area contributed by atoms with E-state index in [-0.39, 0.29) is 0 Å². The Balaban J connectivity index is 1.61. The van der Waals surface area contributed by atoms with Crippen LogP contribution >= 0.6 is 0 Å². The molecule has 4 nitrogen and oxygen atoms in total. The maximum Gasteiger partial charge on any atom is 0.135 e. The largest absolute Gasteiger partial charge is 0.354 e. The van der Waals surface area contributed by atoms with Crippen LogP contribution in [0.3, 0.4) is 0 Å². The maximum absolute atomic E-state index is 4.67. The molecule has 1 saturated carbocycles. The van der Waals surface area contributed by atoms with Gasteiger partial charge in [0.05, 0.1) is 0 Å². The first-order chi connectivity index (χ1) is 10.4. The van der Waals surface area contributed by atoms with Crippen molar-refractivity contribution in [3.05, 3.63) is 17.6 Å². The van der Waals surface area contributed by atoms with Crippen LogP contribution in [0.2, 0.25) is 0 Å². The van der Waals surface area contributed by atoms with Crippen molar-refractivity contribution in [3.63, 3.8) is 0 Å². The number of anilines is 1. The molecule has 1 N–H and O–H groups in total. The van der Waals surface area contributed by atoms with E-state index in [1.54, 1.807) is 6.33 Å². The first-order valence-corrected chi connectivity index (χ1v) is 8.65. The number of hydrogen-bond acceptors (Lipinski definition) is 4. The topological polar surface area (TPSA) is 41.1 Å². The molecule has 1 spiro atoms. The van der Waals surface area contributed by atoms with Gasteiger partial charge in [-0.3, -0.25) is 0 Å². The molecule has 1 aromatic rings. The Hall–Kier alpha value is -1.16. The maximum atomic E-state index is 4.67. The molecule has 0 bridgehead atoms. The van der Waals surface area contributed by atoms with Crippen molar-refractivity contribution in [2.45, 2.75) is 51.4 Å². The van der Waals surface area contributed by atoms with Crippen LogP contribution in [0.15, 0.2) is 6.33 Å². The molecule has 3 aliphatic rings. The van der Waals surface area contributed by atoms with E-state index < -0.39 is 0 Å². The molecule has 0 amide bonds. The van der Waals surface area contributed by atoms with Crippen molar-refractivity contribution in [2.24, 2.45) is 5.41 Å². The highest BCUT2D eigenvalue weighted by atomic mass is 15.2. The Bertz CT molecular complexity index is 502. The highest BCUT2D eigenvalue weighted by Gasteiger charge is 2.37. The smallest absolute Gasteiger partial charge is 0.135 e. The minimum atomic E-state index is 0.570. The van der Waals surface area contributed by atoms with Crippen LogP contribution in [0.1, 0.15) is 49.8 Å². The number of nitrogens with zero attached hydrogens (tertiary/aromatic N) is 3. The van der Waals surface area contributed by atoms with Crippen LogP contribution in [-0.4, -0.2) is 36.1 Å². The van der Waals surface area contributed by atoms with E-state index in [1.165, 1.54) is 68.4 Å².